The van der Waals surface area contributed by atoms with Crippen molar-refractivity contribution in [2.75, 3.05) is 7.05 Å². The zero-order valence-corrected chi connectivity index (χ0v) is 11.6. The van der Waals surface area contributed by atoms with Crippen molar-refractivity contribution in [1.82, 2.24) is 5.32 Å². The fourth-order valence-corrected chi connectivity index (χ4v) is 1.49. The first-order valence-corrected chi connectivity index (χ1v) is 6.04. The molecule has 0 aromatic heterocycles. The molecule has 0 unspecified atom stereocenters. The third-order valence-electron chi connectivity index (χ3n) is 2.53. The van der Waals surface area contributed by atoms with Crippen LogP contribution >= 0.6 is 0 Å². The molecule has 3 heteroatoms. The average molecular weight is 258 g/mol. The lowest BCUT2D eigenvalue weighted by atomic mass is 10.1. The molecule has 0 heterocycles. The van der Waals surface area contributed by atoms with Gasteiger partial charge in [-0.3, -0.25) is 4.99 Å². The highest BCUT2D eigenvalue weighted by Crippen LogP contribution is 2.07. The van der Waals surface area contributed by atoms with Gasteiger partial charge >= 0.3 is 0 Å². The van der Waals surface area contributed by atoms with Crippen molar-refractivity contribution in [2.45, 2.75) is 13.8 Å². The van der Waals surface area contributed by atoms with Gasteiger partial charge in [-0.25, -0.2) is 4.39 Å². The summed E-state index contributed by atoms with van der Waals surface area (Å²) in [6.45, 7) is 7.67. The Morgan fingerprint density at radius 3 is 2.37 bits per heavy atom. The van der Waals surface area contributed by atoms with Gasteiger partial charge in [-0.1, -0.05) is 24.3 Å². The highest BCUT2D eigenvalue weighted by Gasteiger charge is 2.04. The van der Waals surface area contributed by atoms with Gasteiger partial charge in [0, 0.05) is 18.3 Å². The lowest BCUT2D eigenvalue weighted by Crippen LogP contribution is -2.23. The van der Waals surface area contributed by atoms with E-state index in [0.29, 0.717) is 5.84 Å². The number of aliphatic imine (C=N–C) groups is 1. The van der Waals surface area contributed by atoms with Gasteiger partial charge in [0.15, 0.2) is 0 Å². The van der Waals surface area contributed by atoms with Gasteiger partial charge in [0.1, 0.15) is 11.7 Å². The Morgan fingerprint density at radius 2 is 1.89 bits per heavy atom. The van der Waals surface area contributed by atoms with Crippen molar-refractivity contribution in [3.8, 4) is 0 Å². The molecule has 1 N–H and O–H groups in total. The van der Waals surface area contributed by atoms with Gasteiger partial charge in [0.2, 0.25) is 0 Å². The molecular formula is C16H19FN2. The van der Waals surface area contributed by atoms with E-state index in [4.69, 9.17) is 0 Å². The molecule has 1 aromatic rings. The first-order valence-electron chi connectivity index (χ1n) is 6.04. The molecule has 0 saturated carbocycles. The fourth-order valence-electron chi connectivity index (χ4n) is 1.49. The third kappa shape index (κ3) is 4.54. The number of halogens is 1. The average Bonchev–Trinajstić information content (AvgIpc) is 2.40. The van der Waals surface area contributed by atoms with Gasteiger partial charge < -0.3 is 5.32 Å². The summed E-state index contributed by atoms with van der Waals surface area (Å²) < 4.78 is 12.9. The van der Waals surface area contributed by atoms with Gasteiger partial charge in [0.05, 0.1) is 0 Å². The summed E-state index contributed by atoms with van der Waals surface area (Å²) in [6, 6.07) is 6.24. The lowest BCUT2D eigenvalue weighted by molar-refractivity contribution is 0.627. The topological polar surface area (TPSA) is 24.4 Å². The number of amidine groups is 1. The predicted molar refractivity (Wildman–Crippen MR) is 79.7 cm³/mol. The molecule has 0 atom stereocenters. The monoisotopic (exact) mass is 258 g/mol. The fraction of sp³-hybridized carbons (Fsp3) is 0.188. The van der Waals surface area contributed by atoms with E-state index < -0.39 is 0 Å². The summed E-state index contributed by atoms with van der Waals surface area (Å²) in [5, 5.41) is 3.25. The van der Waals surface area contributed by atoms with E-state index in [0.717, 1.165) is 16.8 Å². The Kier molecular flexibility index (Phi) is 5.73. The minimum Gasteiger partial charge on any atom is -0.340 e. The van der Waals surface area contributed by atoms with E-state index in [1.807, 2.05) is 26.0 Å². The Bertz CT molecular complexity index is 518. The van der Waals surface area contributed by atoms with Gasteiger partial charge in [-0.05, 0) is 44.2 Å². The number of hydrogen-bond acceptors (Lipinski definition) is 1. The standard InChI is InChI=1S/C16H19FN2/c1-5-6-7-15(12(2)3)19-16(18-4)13-8-10-14(17)11-9-13/h5-11H,1H2,2-4H3,(H,18,19)/b7-6-. The van der Waals surface area contributed by atoms with Crippen molar-refractivity contribution in [1.29, 1.82) is 0 Å². The summed E-state index contributed by atoms with van der Waals surface area (Å²) in [6.07, 6.45) is 5.50. The molecule has 0 radical (unpaired) electrons. The summed E-state index contributed by atoms with van der Waals surface area (Å²) >= 11 is 0. The lowest BCUT2D eigenvalue weighted by Gasteiger charge is -2.12. The van der Waals surface area contributed by atoms with Crippen molar-refractivity contribution in [3.63, 3.8) is 0 Å². The molecule has 0 aliphatic rings. The molecule has 0 saturated heterocycles. The number of hydrogen-bond donors (Lipinski definition) is 1. The van der Waals surface area contributed by atoms with Crippen LogP contribution in [0.4, 0.5) is 4.39 Å². The maximum absolute atomic E-state index is 12.9. The number of benzene rings is 1. The molecule has 19 heavy (non-hydrogen) atoms. The molecule has 0 spiro atoms. The Balaban J connectivity index is 2.99. The second-order valence-corrected chi connectivity index (χ2v) is 4.21. The van der Waals surface area contributed by atoms with E-state index in [1.54, 1.807) is 25.3 Å². The number of nitrogens with zero attached hydrogens (tertiary/aromatic N) is 1. The van der Waals surface area contributed by atoms with Crippen molar-refractivity contribution < 1.29 is 4.39 Å². The zero-order valence-electron chi connectivity index (χ0n) is 11.6. The van der Waals surface area contributed by atoms with Crippen LogP contribution in [0.3, 0.4) is 0 Å². The van der Waals surface area contributed by atoms with Crippen LogP contribution in [0, 0.1) is 5.82 Å². The van der Waals surface area contributed by atoms with E-state index in [1.165, 1.54) is 12.1 Å². The maximum atomic E-state index is 12.9. The third-order valence-corrected chi connectivity index (χ3v) is 2.53. The summed E-state index contributed by atoms with van der Waals surface area (Å²) in [5.41, 5.74) is 2.92. The second-order valence-electron chi connectivity index (χ2n) is 4.21. The number of rotatable bonds is 4. The smallest absolute Gasteiger partial charge is 0.132 e. The van der Waals surface area contributed by atoms with Crippen molar-refractivity contribution >= 4 is 5.84 Å². The number of allylic oxidation sites excluding steroid dienone is 4. The summed E-state index contributed by atoms with van der Waals surface area (Å²) in [5.74, 6) is 0.443. The van der Waals surface area contributed by atoms with Crippen LogP contribution in [0.2, 0.25) is 0 Å². The molecular weight excluding hydrogens is 239 g/mol. The van der Waals surface area contributed by atoms with Gasteiger partial charge in [-0.15, -0.1) is 0 Å². The molecule has 1 aromatic carbocycles. The molecule has 0 fully saturated rings. The highest BCUT2D eigenvalue weighted by atomic mass is 19.1. The van der Waals surface area contributed by atoms with Crippen LogP contribution in [0.15, 0.2) is 65.3 Å². The zero-order chi connectivity index (χ0) is 14.3. The first kappa shape index (κ1) is 14.9. The van der Waals surface area contributed by atoms with Gasteiger partial charge in [-0.2, -0.15) is 0 Å². The predicted octanol–water partition coefficient (Wildman–Crippen LogP) is 3.83. The van der Waals surface area contributed by atoms with Crippen LogP contribution in [-0.4, -0.2) is 12.9 Å². The second kappa shape index (κ2) is 7.31. The van der Waals surface area contributed by atoms with E-state index in [2.05, 4.69) is 16.9 Å². The molecule has 0 aliphatic carbocycles. The SMILES string of the molecule is C=C/C=C\C(NC(=NC)c1ccc(F)cc1)=C(C)C. The van der Waals surface area contributed by atoms with Crippen LogP contribution in [0.1, 0.15) is 19.4 Å². The molecule has 0 amide bonds. The molecule has 2 nitrogen and oxygen atoms in total. The molecule has 1 rings (SSSR count). The Labute approximate surface area is 114 Å². The van der Waals surface area contributed by atoms with Crippen LogP contribution in [0.5, 0.6) is 0 Å². The molecule has 0 bridgehead atoms. The maximum Gasteiger partial charge on any atom is 0.132 e. The van der Waals surface area contributed by atoms with Crippen LogP contribution < -0.4 is 5.32 Å². The van der Waals surface area contributed by atoms with Crippen molar-refractivity contribution in [2.24, 2.45) is 4.99 Å². The minimum atomic E-state index is -0.256. The van der Waals surface area contributed by atoms with Crippen molar-refractivity contribution in [3.05, 3.63) is 71.7 Å². The minimum absolute atomic E-state index is 0.256. The highest BCUT2D eigenvalue weighted by molar-refractivity contribution is 6.00. The number of nitrogens with one attached hydrogen (secondary N) is 1. The van der Waals surface area contributed by atoms with E-state index in [-0.39, 0.29) is 5.82 Å². The van der Waals surface area contributed by atoms with E-state index in [9.17, 15) is 4.39 Å². The molecule has 100 valence electrons. The summed E-state index contributed by atoms with van der Waals surface area (Å²) in [7, 11) is 1.70. The Morgan fingerprint density at radius 1 is 1.26 bits per heavy atom. The molecule has 0 aliphatic heterocycles. The quantitative estimate of drug-likeness (QED) is 0.495. The van der Waals surface area contributed by atoms with E-state index >= 15 is 0 Å². The van der Waals surface area contributed by atoms with Gasteiger partial charge in [0.25, 0.3) is 0 Å². The van der Waals surface area contributed by atoms with Crippen LogP contribution in [0.25, 0.3) is 0 Å². The summed E-state index contributed by atoms with van der Waals surface area (Å²) in [4.78, 5) is 4.21. The van der Waals surface area contributed by atoms with Crippen LogP contribution in [-0.2, 0) is 0 Å². The normalized spacial score (nSPS) is 11.5. The Hall–Kier alpha value is -2.16. The largest absolute Gasteiger partial charge is 0.340 e. The first-order chi connectivity index (χ1) is 9.08.